The first-order valence-electron chi connectivity index (χ1n) is 5.83. The van der Waals surface area contributed by atoms with Crippen molar-refractivity contribution >= 4 is 0 Å². The second kappa shape index (κ2) is 4.30. The third-order valence-corrected chi connectivity index (χ3v) is 3.18. The van der Waals surface area contributed by atoms with Crippen molar-refractivity contribution in [2.75, 3.05) is 6.54 Å². The number of nitrogens with zero attached hydrogens (tertiary/aromatic N) is 1. The van der Waals surface area contributed by atoms with Crippen molar-refractivity contribution in [2.24, 2.45) is 0 Å². The first-order valence-corrected chi connectivity index (χ1v) is 5.83. The summed E-state index contributed by atoms with van der Waals surface area (Å²) in [6.45, 7) is 1.87. The van der Waals surface area contributed by atoms with Crippen molar-refractivity contribution in [3.63, 3.8) is 0 Å². The van der Waals surface area contributed by atoms with Crippen LogP contribution in [0.3, 0.4) is 0 Å². The second-order valence-corrected chi connectivity index (χ2v) is 4.36. The van der Waals surface area contributed by atoms with Gasteiger partial charge in [0.05, 0.1) is 11.4 Å². The van der Waals surface area contributed by atoms with Gasteiger partial charge in [-0.05, 0) is 36.2 Å². The number of nitrogens with one attached hydrogen (secondary N) is 2. The Balaban J connectivity index is 1.85. The summed E-state index contributed by atoms with van der Waals surface area (Å²) in [7, 11) is 0. The Hall–Kier alpha value is -1.68. The summed E-state index contributed by atoms with van der Waals surface area (Å²) in [5.41, 5.74) is 4.70. The maximum Gasteiger partial charge on any atom is 0.123 e. The van der Waals surface area contributed by atoms with E-state index in [1.807, 2.05) is 12.1 Å². The Labute approximate surface area is 99.1 Å². The van der Waals surface area contributed by atoms with Crippen LogP contribution in [-0.4, -0.2) is 16.7 Å². The minimum absolute atomic E-state index is 0.193. The van der Waals surface area contributed by atoms with Crippen LogP contribution in [0.25, 0.3) is 0 Å². The van der Waals surface area contributed by atoms with Crippen molar-refractivity contribution in [3.05, 3.63) is 52.6 Å². The molecule has 0 saturated carbocycles. The summed E-state index contributed by atoms with van der Waals surface area (Å²) in [5, 5.41) is 10.7. The molecule has 3 nitrogen and oxygen atoms in total. The van der Waals surface area contributed by atoms with Crippen LogP contribution in [0, 0.1) is 5.82 Å². The van der Waals surface area contributed by atoms with Gasteiger partial charge in [-0.3, -0.25) is 5.10 Å². The molecule has 0 atom stereocenters. The molecule has 0 saturated heterocycles. The van der Waals surface area contributed by atoms with Gasteiger partial charge in [0, 0.05) is 13.0 Å². The fourth-order valence-electron chi connectivity index (χ4n) is 2.25. The van der Waals surface area contributed by atoms with Gasteiger partial charge < -0.3 is 5.32 Å². The van der Waals surface area contributed by atoms with Gasteiger partial charge in [-0.1, -0.05) is 12.1 Å². The van der Waals surface area contributed by atoms with Gasteiger partial charge in [-0.25, -0.2) is 4.39 Å². The van der Waals surface area contributed by atoms with Gasteiger partial charge in [0.2, 0.25) is 0 Å². The molecule has 2 N–H and O–H groups in total. The van der Waals surface area contributed by atoms with E-state index in [0.717, 1.165) is 37.2 Å². The molecular formula is C13H14FN3. The van der Waals surface area contributed by atoms with Gasteiger partial charge in [0.15, 0.2) is 0 Å². The zero-order valence-electron chi connectivity index (χ0n) is 9.46. The monoisotopic (exact) mass is 231 g/mol. The lowest BCUT2D eigenvalue weighted by atomic mass is 10.0. The van der Waals surface area contributed by atoms with E-state index in [1.165, 1.54) is 23.4 Å². The lowest BCUT2D eigenvalue weighted by Crippen LogP contribution is -2.23. The highest BCUT2D eigenvalue weighted by Crippen LogP contribution is 2.18. The van der Waals surface area contributed by atoms with Crippen LogP contribution < -0.4 is 5.32 Å². The molecule has 3 rings (SSSR count). The highest BCUT2D eigenvalue weighted by atomic mass is 19.1. The number of hydrogen-bond donors (Lipinski definition) is 2. The van der Waals surface area contributed by atoms with Crippen LogP contribution in [0.2, 0.25) is 0 Å². The molecule has 0 bridgehead atoms. The molecule has 88 valence electrons. The number of aromatic nitrogens is 2. The summed E-state index contributed by atoms with van der Waals surface area (Å²) in [6.07, 6.45) is 1.79. The SMILES string of the molecule is Fc1ccc(Cc2n[nH]c3c2CCNC3)cc1. The molecule has 0 radical (unpaired) electrons. The maximum atomic E-state index is 12.8. The molecule has 1 aliphatic rings. The molecule has 1 aromatic heterocycles. The first-order chi connectivity index (χ1) is 8.33. The Morgan fingerprint density at radius 1 is 1.24 bits per heavy atom. The minimum atomic E-state index is -0.193. The number of halogens is 1. The zero-order chi connectivity index (χ0) is 11.7. The Kier molecular flexibility index (Phi) is 2.65. The second-order valence-electron chi connectivity index (χ2n) is 4.36. The molecule has 1 aromatic carbocycles. The number of fused-ring (bicyclic) bond motifs is 1. The van der Waals surface area contributed by atoms with E-state index in [4.69, 9.17) is 0 Å². The number of benzene rings is 1. The number of hydrogen-bond acceptors (Lipinski definition) is 2. The van der Waals surface area contributed by atoms with Crippen LogP contribution in [0.15, 0.2) is 24.3 Å². The fraction of sp³-hybridized carbons (Fsp3) is 0.308. The first kappa shape index (κ1) is 10.5. The predicted octanol–water partition coefficient (Wildman–Crippen LogP) is 1.79. The van der Waals surface area contributed by atoms with E-state index >= 15 is 0 Å². The highest BCUT2D eigenvalue weighted by Gasteiger charge is 2.16. The van der Waals surface area contributed by atoms with Crippen molar-refractivity contribution in [2.45, 2.75) is 19.4 Å². The molecular weight excluding hydrogens is 217 g/mol. The van der Waals surface area contributed by atoms with Crippen LogP contribution >= 0.6 is 0 Å². The standard InChI is InChI=1S/C13H14FN3/c14-10-3-1-9(2-4-10)7-12-11-5-6-15-8-13(11)17-16-12/h1-4,15H,5-8H2,(H,16,17). The highest BCUT2D eigenvalue weighted by molar-refractivity contribution is 5.32. The van der Waals surface area contributed by atoms with E-state index in [9.17, 15) is 4.39 Å². The van der Waals surface area contributed by atoms with Gasteiger partial charge in [0.25, 0.3) is 0 Å². The molecule has 0 spiro atoms. The van der Waals surface area contributed by atoms with Crippen molar-refractivity contribution in [3.8, 4) is 0 Å². The molecule has 2 heterocycles. The summed E-state index contributed by atoms with van der Waals surface area (Å²) in [6, 6.07) is 6.63. The average Bonchev–Trinajstić information content (AvgIpc) is 2.76. The Morgan fingerprint density at radius 2 is 2.06 bits per heavy atom. The normalized spacial score (nSPS) is 14.6. The summed E-state index contributed by atoms with van der Waals surface area (Å²) < 4.78 is 12.8. The number of aromatic amines is 1. The minimum Gasteiger partial charge on any atom is -0.311 e. The predicted molar refractivity (Wildman–Crippen MR) is 63.2 cm³/mol. The molecule has 0 fully saturated rings. The zero-order valence-corrected chi connectivity index (χ0v) is 9.46. The number of rotatable bonds is 2. The lowest BCUT2D eigenvalue weighted by Gasteiger charge is -2.12. The van der Waals surface area contributed by atoms with Crippen LogP contribution in [0.5, 0.6) is 0 Å². The molecule has 0 unspecified atom stereocenters. The maximum absolute atomic E-state index is 12.8. The lowest BCUT2D eigenvalue weighted by molar-refractivity contribution is 0.627. The largest absolute Gasteiger partial charge is 0.311 e. The fourth-order valence-corrected chi connectivity index (χ4v) is 2.25. The summed E-state index contributed by atoms with van der Waals surface area (Å²) in [4.78, 5) is 0. The van der Waals surface area contributed by atoms with E-state index in [1.54, 1.807) is 0 Å². The molecule has 2 aromatic rings. The molecule has 0 aliphatic carbocycles. The van der Waals surface area contributed by atoms with Gasteiger partial charge in [-0.2, -0.15) is 5.10 Å². The third kappa shape index (κ3) is 2.08. The van der Waals surface area contributed by atoms with E-state index in [0.29, 0.717) is 0 Å². The average molecular weight is 231 g/mol. The van der Waals surface area contributed by atoms with E-state index in [2.05, 4.69) is 15.5 Å². The van der Waals surface area contributed by atoms with Crippen LogP contribution in [0.1, 0.15) is 22.5 Å². The van der Waals surface area contributed by atoms with Crippen molar-refractivity contribution in [1.82, 2.24) is 15.5 Å². The molecule has 4 heteroatoms. The molecule has 0 amide bonds. The molecule has 1 aliphatic heterocycles. The quantitative estimate of drug-likeness (QED) is 0.827. The van der Waals surface area contributed by atoms with Crippen LogP contribution in [-0.2, 0) is 19.4 Å². The van der Waals surface area contributed by atoms with E-state index in [-0.39, 0.29) is 5.82 Å². The summed E-state index contributed by atoms with van der Waals surface area (Å²) in [5.74, 6) is -0.193. The third-order valence-electron chi connectivity index (χ3n) is 3.18. The van der Waals surface area contributed by atoms with Crippen molar-refractivity contribution in [1.29, 1.82) is 0 Å². The van der Waals surface area contributed by atoms with Gasteiger partial charge in [-0.15, -0.1) is 0 Å². The summed E-state index contributed by atoms with van der Waals surface area (Å²) >= 11 is 0. The smallest absolute Gasteiger partial charge is 0.123 e. The Bertz CT molecular complexity index is 516. The Morgan fingerprint density at radius 3 is 2.88 bits per heavy atom. The van der Waals surface area contributed by atoms with Gasteiger partial charge in [0.1, 0.15) is 5.82 Å². The van der Waals surface area contributed by atoms with Crippen molar-refractivity contribution < 1.29 is 4.39 Å². The number of H-pyrrole nitrogens is 1. The van der Waals surface area contributed by atoms with Crippen LogP contribution in [0.4, 0.5) is 4.39 Å². The topological polar surface area (TPSA) is 40.7 Å². The van der Waals surface area contributed by atoms with E-state index < -0.39 is 0 Å². The molecule has 17 heavy (non-hydrogen) atoms. The van der Waals surface area contributed by atoms with Gasteiger partial charge >= 0.3 is 0 Å².